The molecule has 100 valence electrons. The highest BCUT2D eigenvalue weighted by atomic mass is 35.5. The number of ether oxygens (including phenoxy) is 1. The zero-order valence-electron chi connectivity index (χ0n) is 10.0. The maximum Gasteiger partial charge on any atom is 0.363 e. The molecule has 4 N–H and O–H groups in total. The average molecular weight is 274 g/mol. The number of carboxylic acid groups (broad SMARTS) is 1. The molecule has 2 atom stereocenters. The number of carbonyl (C=O) groups excluding carboxylic acids is 1. The average Bonchev–Trinajstić information content (AvgIpc) is 2.35. The van der Waals surface area contributed by atoms with E-state index in [-0.39, 0.29) is 12.4 Å². The molecule has 18 heavy (non-hydrogen) atoms. The molecule has 0 fully saturated rings. The highest BCUT2D eigenvalue weighted by Crippen LogP contribution is 2.12. The summed E-state index contributed by atoms with van der Waals surface area (Å²) >= 11 is 0. The molecule has 5 nitrogen and oxygen atoms in total. The monoisotopic (exact) mass is 273 g/mol. The molecule has 1 aromatic carbocycles. The van der Waals surface area contributed by atoms with E-state index in [1.165, 1.54) is 7.11 Å². The molecular weight excluding hydrogens is 258 g/mol. The third kappa shape index (κ3) is 4.35. The van der Waals surface area contributed by atoms with Gasteiger partial charge in [0.05, 0.1) is 7.11 Å². The largest absolute Gasteiger partial charge is 1.00 e. The first kappa shape index (κ1) is 16.4. The number of rotatable bonds is 5. The summed E-state index contributed by atoms with van der Waals surface area (Å²) in [7, 11) is 1.24. The van der Waals surface area contributed by atoms with Gasteiger partial charge in [-0.1, -0.05) is 30.3 Å². The maximum absolute atomic E-state index is 11.5. The van der Waals surface area contributed by atoms with Crippen LogP contribution in [0.2, 0.25) is 0 Å². The minimum Gasteiger partial charge on any atom is -1.00 e. The zero-order valence-corrected chi connectivity index (χ0v) is 10.8. The van der Waals surface area contributed by atoms with Crippen molar-refractivity contribution in [3.05, 3.63) is 35.9 Å². The first-order valence-corrected chi connectivity index (χ1v) is 5.24. The number of halogens is 1. The number of methoxy groups -OCH3 is 1. The van der Waals surface area contributed by atoms with E-state index in [1.807, 2.05) is 30.3 Å². The highest BCUT2D eigenvalue weighted by Gasteiger charge is 2.34. The Kier molecular flexibility index (Phi) is 7.00. The van der Waals surface area contributed by atoms with Crippen molar-refractivity contribution in [2.24, 2.45) is 5.92 Å². The van der Waals surface area contributed by atoms with E-state index in [2.05, 4.69) is 10.5 Å². The van der Waals surface area contributed by atoms with Gasteiger partial charge in [-0.3, -0.25) is 4.79 Å². The number of hydrogen-bond acceptors (Lipinski definition) is 3. The lowest BCUT2D eigenvalue weighted by Crippen LogP contribution is -3.00. The minimum atomic E-state index is -1.10. The fraction of sp³-hybridized carbons (Fsp3) is 0.333. The Hall–Kier alpha value is -1.59. The summed E-state index contributed by atoms with van der Waals surface area (Å²) in [5.41, 5.74) is 4.39. The lowest BCUT2D eigenvalue weighted by Gasteiger charge is -2.15. The molecule has 0 aliphatic heterocycles. The van der Waals surface area contributed by atoms with Gasteiger partial charge in [-0.2, -0.15) is 0 Å². The van der Waals surface area contributed by atoms with Crippen LogP contribution in [0.4, 0.5) is 0 Å². The summed E-state index contributed by atoms with van der Waals surface area (Å²) in [6.07, 6.45) is 0.313. The van der Waals surface area contributed by atoms with Crippen LogP contribution in [0.1, 0.15) is 5.56 Å². The van der Waals surface area contributed by atoms with Crippen LogP contribution in [0.3, 0.4) is 0 Å². The summed E-state index contributed by atoms with van der Waals surface area (Å²) in [6, 6.07) is 8.19. The molecule has 0 spiro atoms. The van der Waals surface area contributed by atoms with E-state index in [4.69, 9.17) is 5.11 Å². The molecule has 0 aromatic heterocycles. The van der Waals surface area contributed by atoms with Gasteiger partial charge in [-0.05, 0) is 12.0 Å². The van der Waals surface area contributed by atoms with E-state index in [0.717, 1.165) is 5.56 Å². The van der Waals surface area contributed by atoms with Crippen LogP contribution in [0.15, 0.2) is 30.3 Å². The molecule has 0 bridgehead atoms. The SMILES string of the molecule is COC(=O)[C@H](Cc1ccccc1)[C@H]([NH3+])C(=O)O.[Cl-]. The van der Waals surface area contributed by atoms with Gasteiger partial charge in [-0.25, -0.2) is 4.79 Å². The molecule has 1 aromatic rings. The highest BCUT2D eigenvalue weighted by molar-refractivity contribution is 5.82. The zero-order chi connectivity index (χ0) is 12.8. The van der Waals surface area contributed by atoms with E-state index in [9.17, 15) is 9.59 Å². The van der Waals surface area contributed by atoms with Crippen molar-refractivity contribution >= 4 is 11.9 Å². The first-order chi connectivity index (χ1) is 8.06. The van der Waals surface area contributed by atoms with Crippen molar-refractivity contribution in [1.82, 2.24) is 0 Å². The third-order valence-electron chi connectivity index (χ3n) is 2.61. The van der Waals surface area contributed by atoms with Crippen molar-refractivity contribution in [2.45, 2.75) is 12.5 Å². The topological polar surface area (TPSA) is 91.2 Å². The lowest BCUT2D eigenvalue weighted by atomic mass is 9.92. The smallest absolute Gasteiger partial charge is 0.363 e. The first-order valence-electron chi connectivity index (χ1n) is 5.24. The van der Waals surface area contributed by atoms with Gasteiger partial charge in [0.2, 0.25) is 0 Å². The Morgan fingerprint density at radius 2 is 1.89 bits per heavy atom. The number of carboxylic acids is 1. The number of hydrogen-bond donors (Lipinski definition) is 2. The number of aliphatic carboxylic acids is 1. The van der Waals surface area contributed by atoms with E-state index in [1.54, 1.807) is 0 Å². The summed E-state index contributed by atoms with van der Waals surface area (Å²) < 4.78 is 4.61. The van der Waals surface area contributed by atoms with Crippen LogP contribution < -0.4 is 18.1 Å². The number of quaternary nitrogens is 1. The second-order valence-electron chi connectivity index (χ2n) is 3.76. The van der Waals surface area contributed by atoms with Crippen LogP contribution in [0.25, 0.3) is 0 Å². The molecule has 6 heteroatoms. The van der Waals surface area contributed by atoms with Gasteiger partial charge in [0, 0.05) is 0 Å². The maximum atomic E-state index is 11.5. The van der Waals surface area contributed by atoms with Crippen molar-refractivity contribution in [2.75, 3.05) is 7.11 Å². The Bertz CT molecular complexity index is 396. The van der Waals surface area contributed by atoms with Gasteiger partial charge in [0.25, 0.3) is 0 Å². The Morgan fingerprint density at radius 3 is 2.33 bits per heavy atom. The molecule has 0 radical (unpaired) electrons. The molecular formula is C12H16ClNO4. The summed E-state index contributed by atoms with van der Waals surface area (Å²) in [5.74, 6) is -2.41. The fourth-order valence-electron chi connectivity index (χ4n) is 1.58. The predicted molar refractivity (Wildman–Crippen MR) is 60.0 cm³/mol. The van der Waals surface area contributed by atoms with Gasteiger partial charge in [0.15, 0.2) is 6.04 Å². The van der Waals surface area contributed by atoms with Crippen molar-refractivity contribution in [3.63, 3.8) is 0 Å². The van der Waals surface area contributed by atoms with E-state index in [0.29, 0.717) is 6.42 Å². The summed E-state index contributed by atoms with van der Waals surface area (Å²) in [5, 5.41) is 8.90. The number of benzene rings is 1. The second-order valence-corrected chi connectivity index (χ2v) is 3.76. The number of carbonyl (C=O) groups is 2. The Morgan fingerprint density at radius 1 is 1.33 bits per heavy atom. The molecule has 0 saturated carbocycles. The van der Waals surface area contributed by atoms with Crippen LogP contribution in [-0.2, 0) is 20.7 Å². The quantitative estimate of drug-likeness (QED) is 0.551. The van der Waals surface area contributed by atoms with Crippen LogP contribution in [0.5, 0.6) is 0 Å². The molecule has 0 aliphatic carbocycles. The van der Waals surface area contributed by atoms with Crippen LogP contribution in [0, 0.1) is 5.92 Å². The van der Waals surface area contributed by atoms with E-state index >= 15 is 0 Å². The molecule has 0 amide bonds. The van der Waals surface area contributed by atoms with Crippen molar-refractivity contribution in [3.8, 4) is 0 Å². The van der Waals surface area contributed by atoms with Crippen molar-refractivity contribution in [1.29, 1.82) is 0 Å². The Labute approximate surface area is 111 Å². The molecule has 0 unspecified atom stereocenters. The van der Waals surface area contributed by atoms with Gasteiger partial charge in [-0.15, -0.1) is 0 Å². The van der Waals surface area contributed by atoms with Crippen molar-refractivity contribution < 1.29 is 37.6 Å². The molecule has 0 aliphatic rings. The third-order valence-corrected chi connectivity index (χ3v) is 2.61. The normalized spacial score (nSPS) is 13.0. The molecule has 1 rings (SSSR count). The van der Waals surface area contributed by atoms with Gasteiger partial charge >= 0.3 is 11.9 Å². The second kappa shape index (κ2) is 7.68. The summed E-state index contributed by atoms with van der Waals surface area (Å²) in [6.45, 7) is 0. The standard InChI is InChI=1S/C12H15NO4.ClH/c1-17-12(16)9(10(13)11(14)15)7-8-5-3-2-4-6-8;/h2-6,9-10H,7,13H2,1H3,(H,14,15);1H/t9-,10+;/m1./s1. The molecule has 0 saturated heterocycles. The van der Waals surface area contributed by atoms with Crippen LogP contribution >= 0.6 is 0 Å². The minimum absolute atomic E-state index is 0. The number of esters is 1. The lowest BCUT2D eigenvalue weighted by molar-refractivity contribution is -0.417. The Balaban J connectivity index is 0.00000289. The summed E-state index contributed by atoms with van der Waals surface area (Å²) in [4.78, 5) is 22.4. The van der Waals surface area contributed by atoms with E-state index < -0.39 is 23.9 Å². The fourth-order valence-corrected chi connectivity index (χ4v) is 1.58. The predicted octanol–water partition coefficient (Wildman–Crippen LogP) is -3.28. The van der Waals surface area contributed by atoms with Crippen LogP contribution in [-0.4, -0.2) is 30.2 Å². The van der Waals surface area contributed by atoms with Gasteiger partial charge < -0.3 is 28.0 Å². The van der Waals surface area contributed by atoms with Gasteiger partial charge in [0.1, 0.15) is 5.92 Å². The molecule has 0 heterocycles.